The first-order valence-corrected chi connectivity index (χ1v) is 9.35. The molecule has 26 heavy (non-hydrogen) atoms. The lowest BCUT2D eigenvalue weighted by Gasteiger charge is -2.24. The van der Waals surface area contributed by atoms with Gasteiger partial charge in [-0.15, -0.1) is 0 Å². The third kappa shape index (κ3) is 5.85. The summed E-state index contributed by atoms with van der Waals surface area (Å²) in [5.41, 5.74) is 4.27. The molecule has 0 unspecified atom stereocenters. The van der Waals surface area contributed by atoms with Gasteiger partial charge >= 0.3 is 0 Å². The molecule has 138 valence electrons. The van der Waals surface area contributed by atoms with E-state index >= 15 is 0 Å². The summed E-state index contributed by atoms with van der Waals surface area (Å²) in [4.78, 5) is 14.3. The van der Waals surface area contributed by atoms with E-state index in [1.54, 1.807) is 0 Å². The summed E-state index contributed by atoms with van der Waals surface area (Å²) in [6.45, 7) is 7.65. The van der Waals surface area contributed by atoms with Crippen molar-refractivity contribution in [2.45, 2.75) is 27.2 Å². The van der Waals surface area contributed by atoms with Crippen molar-refractivity contribution < 1.29 is 4.79 Å². The standard InChI is InChI=1S/C21H27N3OS/c1-4-24(21(26)22-14-13-18-11-6-5-7-12-18)15-19(25)23-20-16(2)9-8-10-17(20)3/h5-12H,4,13-15H2,1-3H3,(H,22,26)(H,23,25). The number of nitrogens with zero attached hydrogens (tertiary/aromatic N) is 1. The molecule has 0 spiro atoms. The Bertz CT molecular complexity index is 726. The number of likely N-dealkylation sites (N-methyl/N-ethyl adjacent to an activating group) is 1. The van der Waals surface area contributed by atoms with E-state index < -0.39 is 0 Å². The largest absolute Gasteiger partial charge is 0.362 e. The Morgan fingerprint density at radius 3 is 2.31 bits per heavy atom. The van der Waals surface area contributed by atoms with Gasteiger partial charge in [-0.25, -0.2) is 0 Å². The van der Waals surface area contributed by atoms with E-state index in [-0.39, 0.29) is 12.5 Å². The molecular formula is C21H27N3OS. The average Bonchev–Trinajstić information content (AvgIpc) is 2.63. The zero-order valence-corrected chi connectivity index (χ0v) is 16.5. The Kier molecular flexibility index (Phi) is 7.60. The first-order chi connectivity index (χ1) is 12.5. The van der Waals surface area contributed by atoms with Gasteiger partial charge in [0, 0.05) is 18.8 Å². The van der Waals surface area contributed by atoms with Crippen LogP contribution in [-0.4, -0.2) is 35.6 Å². The molecule has 1 amide bonds. The van der Waals surface area contributed by atoms with Crippen LogP contribution in [-0.2, 0) is 11.2 Å². The van der Waals surface area contributed by atoms with Crippen molar-refractivity contribution in [1.82, 2.24) is 10.2 Å². The van der Waals surface area contributed by atoms with Gasteiger partial charge in [-0.2, -0.15) is 0 Å². The van der Waals surface area contributed by atoms with Gasteiger partial charge in [0.1, 0.15) is 0 Å². The zero-order valence-electron chi connectivity index (χ0n) is 15.7. The fraction of sp³-hybridized carbons (Fsp3) is 0.333. The van der Waals surface area contributed by atoms with Gasteiger partial charge in [-0.1, -0.05) is 48.5 Å². The minimum absolute atomic E-state index is 0.0588. The maximum absolute atomic E-state index is 12.4. The average molecular weight is 370 g/mol. The van der Waals surface area contributed by atoms with Crippen molar-refractivity contribution in [1.29, 1.82) is 0 Å². The summed E-state index contributed by atoms with van der Waals surface area (Å²) in [7, 11) is 0. The van der Waals surface area contributed by atoms with Crippen LogP contribution in [0.15, 0.2) is 48.5 Å². The van der Waals surface area contributed by atoms with Gasteiger partial charge < -0.3 is 15.5 Å². The van der Waals surface area contributed by atoms with E-state index in [1.807, 2.05) is 62.1 Å². The van der Waals surface area contributed by atoms with Gasteiger partial charge in [0.15, 0.2) is 5.11 Å². The molecule has 0 aromatic heterocycles. The van der Waals surface area contributed by atoms with E-state index in [1.165, 1.54) is 5.56 Å². The topological polar surface area (TPSA) is 44.4 Å². The van der Waals surface area contributed by atoms with E-state index in [9.17, 15) is 4.79 Å². The molecule has 0 radical (unpaired) electrons. The minimum atomic E-state index is -0.0588. The molecule has 2 N–H and O–H groups in total. The Balaban J connectivity index is 1.85. The van der Waals surface area contributed by atoms with Crippen LogP contribution < -0.4 is 10.6 Å². The third-order valence-corrected chi connectivity index (χ3v) is 4.68. The Hall–Kier alpha value is -2.40. The summed E-state index contributed by atoms with van der Waals surface area (Å²) in [5.74, 6) is -0.0588. The molecule has 0 bridgehead atoms. The number of para-hydroxylation sites is 1. The van der Waals surface area contributed by atoms with Crippen LogP contribution in [0.1, 0.15) is 23.6 Å². The van der Waals surface area contributed by atoms with Crippen molar-refractivity contribution in [3.05, 3.63) is 65.2 Å². The maximum Gasteiger partial charge on any atom is 0.243 e. The zero-order chi connectivity index (χ0) is 18.9. The Morgan fingerprint density at radius 1 is 1.04 bits per heavy atom. The molecule has 0 aliphatic heterocycles. The first kappa shape index (κ1) is 19.9. The molecule has 5 heteroatoms. The molecule has 4 nitrogen and oxygen atoms in total. The highest BCUT2D eigenvalue weighted by Gasteiger charge is 2.14. The number of nitrogens with one attached hydrogen (secondary N) is 2. The number of aryl methyl sites for hydroxylation is 2. The summed E-state index contributed by atoms with van der Waals surface area (Å²) >= 11 is 5.46. The second-order valence-electron chi connectivity index (χ2n) is 6.30. The molecule has 2 aromatic carbocycles. The summed E-state index contributed by atoms with van der Waals surface area (Å²) < 4.78 is 0. The number of amides is 1. The number of rotatable bonds is 7. The van der Waals surface area contributed by atoms with Crippen LogP contribution in [0.2, 0.25) is 0 Å². The predicted molar refractivity (Wildman–Crippen MR) is 113 cm³/mol. The summed E-state index contributed by atoms with van der Waals surface area (Å²) in [6.07, 6.45) is 0.896. The number of benzene rings is 2. The van der Waals surface area contributed by atoms with Crippen molar-refractivity contribution in [2.24, 2.45) is 0 Å². The van der Waals surface area contributed by atoms with Gasteiger partial charge in [0.05, 0.1) is 6.54 Å². The molecule has 2 rings (SSSR count). The SMILES string of the molecule is CCN(CC(=O)Nc1c(C)cccc1C)C(=S)NCCc1ccccc1. The molecule has 0 saturated carbocycles. The fourth-order valence-corrected chi connectivity index (χ4v) is 3.06. The number of thiocarbonyl (C=S) groups is 1. The predicted octanol–water partition coefficient (Wildman–Crippen LogP) is 3.68. The van der Waals surface area contributed by atoms with E-state index in [2.05, 4.69) is 22.8 Å². The summed E-state index contributed by atoms with van der Waals surface area (Å²) in [6, 6.07) is 16.2. The normalized spacial score (nSPS) is 10.3. The quantitative estimate of drug-likeness (QED) is 0.731. The monoisotopic (exact) mass is 369 g/mol. The third-order valence-electron chi connectivity index (χ3n) is 4.28. The van der Waals surface area contributed by atoms with Gasteiger partial charge in [-0.05, 0) is 56.1 Å². The molecule has 0 atom stereocenters. The highest BCUT2D eigenvalue weighted by atomic mass is 32.1. The Morgan fingerprint density at radius 2 is 1.69 bits per heavy atom. The van der Waals surface area contributed by atoms with Crippen LogP contribution in [0, 0.1) is 13.8 Å². The van der Waals surface area contributed by atoms with E-state index in [0.29, 0.717) is 11.7 Å². The van der Waals surface area contributed by atoms with E-state index in [0.717, 1.165) is 29.8 Å². The molecule has 0 aliphatic carbocycles. The first-order valence-electron chi connectivity index (χ1n) is 8.94. The van der Waals surface area contributed by atoms with Crippen LogP contribution in [0.3, 0.4) is 0 Å². The highest BCUT2D eigenvalue weighted by Crippen LogP contribution is 2.19. The fourth-order valence-electron chi connectivity index (χ4n) is 2.76. The van der Waals surface area contributed by atoms with Crippen LogP contribution in [0.4, 0.5) is 5.69 Å². The highest BCUT2D eigenvalue weighted by molar-refractivity contribution is 7.80. The lowest BCUT2D eigenvalue weighted by molar-refractivity contribution is -0.116. The molecule has 0 saturated heterocycles. The second-order valence-corrected chi connectivity index (χ2v) is 6.68. The molecule has 2 aromatic rings. The number of hydrogen-bond acceptors (Lipinski definition) is 2. The van der Waals surface area contributed by atoms with Crippen molar-refractivity contribution in [2.75, 3.05) is 25.0 Å². The van der Waals surface area contributed by atoms with Crippen LogP contribution in [0.25, 0.3) is 0 Å². The van der Waals surface area contributed by atoms with Crippen molar-refractivity contribution in [3.8, 4) is 0 Å². The molecular weight excluding hydrogens is 342 g/mol. The molecule has 0 fully saturated rings. The molecule has 0 heterocycles. The Labute approximate surface area is 161 Å². The van der Waals surface area contributed by atoms with E-state index in [4.69, 9.17) is 12.2 Å². The minimum Gasteiger partial charge on any atom is -0.362 e. The van der Waals surface area contributed by atoms with Gasteiger partial charge in [-0.3, -0.25) is 4.79 Å². The van der Waals surface area contributed by atoms with Crippen molar-refractivity contribution in [3.63, 3.8) is 0 Å². The van der Waals surface area contributed by atoms with Crippen molar-refractivity contribution >= 4 is 28.9 Å². The van der Waals surface area contributed by atoms with Crippen LogP contribution in [0.5, 0.6) is 0 Å². The number of anilines is 1. The number of hydrogen-bond donors (Lipinski definition) is 2. The summed E-state index contributed by atoms with van der Waals surface area (Å²) in [5, 5.41) is 6.87. The smallest absolute Gasteiger partial charge is 0.243 e. The maximum atomic E-state index is 12.4. The second kappa shape index (κ2) is 9.92. The lowest BCUT2D eigenvalue weighted by Crippen LogP contribution is -2.44. The van der Waals surface area contributed by atoms with Crippen LogP contribution >= 0.6 is 12.2 Å². The lowest BCUT2D eigenvalue weighted by atomic mass is 10.1. The number of carbonyl (C=O) groups is 1. The van der Waals surface area contributed by atoms with Gasteiger partial charge in [0.25, 0.3) is 0 Å². The van der Waals surface area contributed by atoms with Gasteiger partial charge in [0.2, 0.25) is 5.91 Å². The number of carbonyl (C=O) groups excluding carboxylic acids is 1. The molecule has 0 aliphatic rings.